The summed E-state index contributed by atoms with van der Waals surface area (Å²) < 4.78 is 10.9. The third-order valence-corrected chi connectivity index (χ3v) is 3.92. The van der Waals surface area contributed by atoms with Crippen LogP contribution >= 0.6 is 23.8 Å². The predicted octanol–water partition coefficient (Wildman–Crippen LogP) is 3.73. The zero-order valence-corrected chi connectivity index (χ0v) is 16.2. The first-order valence-electron chi connectivity index (χ1n) is 8.20. The van der Waals surface area contributed by atoms with Gasteiger partial charge in [-0.1, -0.05) is 11.6 Å². The van der Waals surface area contributed by atoms with E-state index in [0.717, 1.165) is 6.42 Å². The number of hydrogen-bond donors (Lipinski definition) is 2. The van der Waals surface area contributed by atoms with E-state index in [1.54, 1.807) is 18.2 Å². The number of hydrazone groups is 1. The maximum Gasteiger partial charge on any atom is 0.270 e. The number of hydrogen-bond acceptors (Lipinski definition) is 6. The minimum atomic E-state index is -0.505. The number of benzene rings is 1. The zero-order chi connectivity index (χ0) is 19.6. The van der Waals surface area contributed by atoms with Crippen LogP contribution in [-0.2, 0) is 4.74 Å². The fourth-order valence-corrected chi connectivity index (χ4v) is 2.52. The topological polar surface area (TPSA) is 102 Å². The van der Waals surface area contributed by atoms with Crippen LogP contribution in [0.3, 0.4) is 0 Å². The Balaban J connectivity index is 1.88. The highest BCUT2D eigenvalue weighted by Gasteiger charge is 2.13. The lowest BCUT2D eigenvalue weighted by Crippen LogP contribution is -2.33. The van der Waals surface area contributed by atoms with Crippen molar-refractivity contribution in [1.82, 2.24) is 10.7 Å². The number of ether oxygens (including phenoxy) is 1. The molecule has 1 heterocycles. The van der Waals surface area contributed by atoms with Crippen molar-refractivity contribution in [2.75, 3.05) is 19.8 Å². The summed E-state index contributed by atoms with van der Waals surface area (Å²) in [6.45, 7) is 4.01. The van der Waals surface area contributed by atoms with E-state index in [1.807, 2.05) is 6.92 Å². The number of nitro groups is 1. The first kappa shape index (κ1) is 20.8. The highest BCUT2D eigenvalue weighted by atomic mass is 35.5. The standard InChI is InChI=1S/C17H19ClN4O4S/c1-2-25-9-3-8-19-17(27)21-20-11-13-5-7-16(26-13)14-6-4-12(22(23)24)10-15(14)18/h4-7,10-11H,2-3,8-9H2,1H3,(H2,19,21,27)/b20-11-. The molecule has 8 nitrogen and oxygen atoms in total. The summed E-state index contributed by atoms with van der Waals surface area (Å²) in [5.74, 6) is 0.957. The summed E-state index contributed by atoms with van der Waals surface area (Å²) in [6.07, 6.45) is 2.31. The van der Waals surface area contributed by atoms with Gasteiger partial charge in [0, 0.05) is 37.5 Å². The first-order chi connectivity index (χ1) is 13.0. The summed E-state index contributed by atoms with van der Waals surface area (Å²) in [5.41, 5.74) is 3.17. The van der Waals surface area contributed by atoms with Gasteiger partial charge in [0.2, 0.25) is 0 Å². The number of nitro benzene ring substituents is 1. The molecule has 0 amide bonds. The minimum Gasteiger partial charge on any atom is -0.455 e. The molecule has 0 aliphatic carbocycles. The molecule has 0 aliphatic heterocycles. The van der Waals surface area contributed by atoms with E-state index < -0.39 is 4.92 Å². The number of furan rings is 1. The van der Waals surface area contributed by atoms with E-state index in [2.05, 4.69) is 15.8 Å². The first-order valence-corrected chi connectivity index (χ1v) is 8.98. The van der Waals surface area contributed by atoms with Crippen molar-refractivity contribution in [1.29, 1.82) is 0 Å². The number of nitrogens with one attached hydrogen (secondary N) is 2. The van der Waals surface area contributed by atoms with Crippen molar-refractivity contribution in [3.05, 3.63) is 51.2 Å². The Morgan fingerprint density at radius 3 is 2.96 bits per heavy atom. The normalized spacial score (nSPS) is 10.9. The van der Waals surface area contributed by atoms with Gasteiger partial charge in [0.15, 0.2) is 5.11 Å². The SMILES string of the molecule is CCOCCCNC(=S)N/N=C\c1ccc(-c2ccc([N+](=O)[O-])cc2Cl)o1. The second kappa shape index (κ2) is 10.6. The van der Waals surface area contributed by atoms with Gasteiger partial charge in [-0.15, -0.1) is 0 Å². The maximum atomic E-state index is 10.8. The molecule has 1 aromatic heterocycles. The number of rotatable bonds is 9. The number of thiocarbonyl (C=S) groups is 1. The van der Waals surface area contributed by atoms with Crippen molar-refractivity contribution in [3.63, 3.8) is 0 Å². The second-order valence-corrected chi connectivity index (χ2v) is 6.12. The molecule has 1 aromatic carbocycles. The molecule has 2 N–H and O–H groups in total. The molecule has 2 aromatic rings. The smallest absolute Gasteiger partial charge is 0.270 e. The number of non-ortho nitro benzene ring substituents is 1. The van der Waals surface area contributed by atoms with Crippen LogP contribution in [0.2, 0.25) is 5.02 Å². The molecule has 0 bridgehead atoms. The van der Waals surface area contributed by atoms with Crippen LogP contribution in [-0.4, -0.2) is 36.0 Å². The van der Waals surface area contributed by atoms with Gasteiger partial charge >= 0.3 is 0 Å². The van der Waals surface area contributed by atoms with Gasteiger partial charge in [-0.25, -0.2) is 0 Å². The summed E-state index contributed by atoms with van der Waals surface area (Å²) >= 11 is 11.2. The molecule has 10 heteroatoms. The van der Waals surface area contributed by atoms with E-state index in [-0.39, 0.29) is 10.7 Å². The molecule has 0 radical (unpaired) electrons. The van der Waals surface area contributed by atoms with Crippen molar-refractivity contribution in [3.8, 4) is 11.3 Å². The van der Waals surface area contributed by atoms with Gasteiger partial charge in [-0.3, -0.25) is 15.5 Å². The molecule has 144 valence electrons. The molecule has 2 rings (SSSR count). The molecule has 0 saturated carbocycles. The third-order valence-electron chi connectivity index (χ3n) is 3.37. The molecular weight excluding hydrogens is 392 g/mol. The predicted molar refractivity (Wildman–Crippen MR) is 108 cm³/mol. The van der Waals surface area contributed by atoms with Gasteiger partial charge in [-0.05, 0) is 43.8 Å². The Bertz CT molecular complexity index is 825. The fraction of sp³-hybridized carbons (Fsp3) is 0.294. The average Bonchev–Trinajstić information content (AvgIpc) is 3.10. The molecule has 0 fully saturated rings. The van der Waals surface area contributed by atoms with Crippen LogP contribution < -0.4 is 10.7 Å². The van der Waals surface area contributed by atoms with Crippen LogP contribution in [0.1, 0.15) is 19.1 Å². The number of nitrogens with zero attached hydrogens (tertiary/aromatic N) is 2. The minimum absolute atomic E-state index is 0.0800. The fourth-order valence-electron chi connectivity index (χ4n) is 2.10. The van der Waals surface area contributed by atoms with Crippen molar-refractivity contribution in [2.45, 2.75) is 13.3 Å². The van der Waals surface area contributed by atoms with Gasteiger partial charge in [0.05, 0.1) is 16.2 Å². The van der Waals surface area contributed by atoms with Gasteiger partial charge < -0.3 is 14.5 Å². The van der Waals surface area contributed by atoms with E-state index in [0.29, 0.717) is 42.0 Å². The summed E-state index contributed by atoms with van der Waals surface area (Å²) in [6, 6.07) is 7.61. The average molecular weight is 411 g/mol. The highest BCUT2D eigenvalue weighted by molar-refractivity contribution is 7.80. The molecular formula is C17H19ClN4O4S. The monoisotopic (exact) mass is 410 g/mol. The Kier molecular flexibility index (Phi) is 8.18. The summed E-state index contributed by atoms with van der Waals surface area (Å²) in [7, 11) is 0. The molecule has 0 unspecified atom stereocenters. The molecule has 0 saturated heterocycles. The Morgan fingerprint density at radius 2 is 2.26 bits per heavy atom. The quantitative estimate of drug-likeness (QED) is 0.213. The molecule has 27 heavy (non-hydrogen) atoms. The van der Waals surface area contributed by atoms with Gasteiger partial charge in [-0.2, -0.15) is 5.10 Å². The summed E-state index contributed by atoms with van der Waals surface area (Å²) in [5, 5.41) is 18.4. The van der Waals surface area contributed by atoms with E-state index in [1.165, 1.54) is 18.3 Å². The number of halogens is 1. The maximum absolute atomic E-state index is 10.8. The lowest BCUT2D eigenvalue weighted by atomic mass is 10.1. The largest absolute Gasteiger partial charge is 0.455 e. The van der Waals surface area contributed by atoms with Crippen LogP contribution in [0.25, 0.3) is 11.3 Å². The van der Waals surface area contributed by atoms with Crippen LogP contribution in [0, 0.1) is 10.1 Å². The van der Waals surface area contributed by atoms with E-state index >= 15 is 0 Å². The Hall–Kier alpha value is -2.49. The lowest BCUT2D eigenvalue weighted by Gasteiger charge is -2.06. The molecule has 0 spiro atoms. The lowest BCUT2D eigenvalue weighted by molar-refractivity contribution is -0.384. The summed E-state index contributed by atoms with van der Waals surface area (Å²) in [4.78, 5) is 10.3. The third kappa shape index (κ3) is 6.63. The van der Waals surface area contributed by atoms with Crippen molar-refractivity contribution < 1.29 is 14.1 Å². The van der Waals surface area contributed by atoms with Crippen LogP contribution in [0.15, 0.2) is 39.9 Å². The second-order valence-electron chi connectivity index (χ2n) is 5.30. The van der Waals surface area contributed by atoms with Crippen LogP contribution in [0.4, 0.5) is 5.69 Å². The molecule has 0 atom stereocenters. The van der Waals surface area contributed by atoms with Crippen LogP contribution in [0.5, 0.6) is 0 Å². The van der Waals surface area contributed by atoms with Gasteiger partial charge in [0.25, 0.3) is 5.69 Å². The van der Waals surface area contributed by atoms with E-state index in [9.17, 15) is 10.1 Å². The van der Waals surface area contributed by atoms with Crippen molar-refractivity contribution >= 4 is 40.8 Å². The van der Waals surface area contributed by atoms with E-state index in [4.69, 9.17) is 33.0 Å². The Labute approximate surface area is 166 Å². The van der Waals surface area contributed by atoms with Gasteiger partial charge in [0.1, 0.15) is 11.5 Å². The van der Waals surface area contributed by atoms with Crippen molar-refractivity contribution in [2.24, 2.45) is 5.10 Å². The zero-order valence-electron chi connectivity index (χ0n) is 14.6. The Morgan fingerprint density at radius 1 is 1.44 bits per heavy atom. The molecule has 0 aliphatic rings. The highest BCUT2D eigenvalue weighted by Crippen LogP contribution is 2.31.